The molecule has 0 radical (unpaired) electrons. The van der Waals surface area contributed by atoms with Crippen LogP contribution in [0.25, 0.3) is 0 Å². The first kappa shape index (κ1) is 14.3. The van der Waals surface area contributed by atoms with Crippen LogP contribution in [-0.4, -0.2) is 30.0 Å². The molecule has 1 aliphatic heterocycles. The Hall–Kier alpha value is -0.120. The molecule has 3 heteroatoms. The van der Waals surface area contributed by atoms with Crippen molar-refractivity contribution in [3.63, 3.8) is 0 Å². The van der Waals surface area contributed by atoms with E-state index in [0.717, 1.165) is 25.7 Å². The summed E-state index contributed by atoms with van der Waals surface area (Å²) in [6.45, 7) is 7.27. The van der Waals surface area contributed by atoms with E-state index in [-0.39, 0.29) is 6.10 Å². The Balaban J connectivity index is 2.11. The van der Waals surface area contributed by atoms with Crippen molar-refractivity contribution >= 4 is 0 Å². The van der Waals surface area contributed by atoms with Crippen LogP contribution in [0.15, 0.2) is 0 Å². The molecule has 0 aromatic carbocycles. The Bertz CT molecular complexity index is 271. The van der Waals surface area contributed by atoms with Gasteiger partial charge in [0.2, 0.25) is 0 Å². The lowest BCUT2D eigenvalue weighted by atomic mass is 9.70. The summed E-state index contributed by atoms with van der Waals surface area (Å²) in [6.07, 6.45) is 4.27. The van der Waals surface area contributed by atoms with Crippen molar-refractivity contribution in [2.24, 2.45) is 29.4 Å². The Labute approximate surface area is 111 Å². The summed E-state index contributed by atoms with van der Waals surface area (Å²) in [5.41, 5.74) is 6.31. The molecule has 1 aliphatic carbocycles. The molecule has 7 atom stereocenters. The number of rotatable bonds is 0. The molecule has 3 N–H and O–H groups in total. The molecule has 2 fully saturated rings. The minimum atomic E-state index is -0.313. The van der Waals surface area contributed by atoms with Gasteiger partial charge in [-0.05, 0) is 49.4 Å². The van der Waals surface area contributed by atoms with Gasteiger partial charge in [0.15, 0.2) is 0 Å². The fourth-order valence-electron chi connectivity index (χ4n) is 3.72. The quantitative estimate of drug-likeness (QED) is 0.697. The molecule has 2 bridgehead atoms. The zero-order valence-corrected chi connectivity index (χ0v) is 12.0. The molecule has 18 heavy (non-hydrogen) atoms. The lowest BCUT2D eigenvalue weighted by molar-refractivity contribution is -0.0697. The van der Waals surface area contributed by atoms with Crippen LogP contribution in [0.3, 0.4) is 0 Å². The summed E-state index contributed by atoms with van der Waals surface area (Å²) in [4.78, 5) is 0. The van der Waals surface area contributed by atoms with Crippen LogP contribution < -0.4 is 5.73 Å². The van der Waals surface area contributed by atoms with Gasteiger partial charge in [0.05, 0.1) is 18.8 Å². The smallest absolute Gasteiger partial charge is 0.0799 e. The van der Waals surface area contributed by atoms with E-state index in [1.165, 1.54) is 0 Å². The second kappa shape index (κ2) is 5.89. The van der Waals surface area contributed by atoms with E-state index in [4.69, 9.17) is 10.5 Å². The molecule has 0 aromatic heterocycles. The number of hydrogen-bond acceptors (Lipinski definition) is 3. The minimum Gasteiger partial charge on any atom is -0.390 e. The molecular weight excluding hydrogens is 226 g/mol. The van der Waals surface area contributed by atoms with Gasteiger partial charge in [-0.2, -0.15) is 0 Å². The highest BCUT2D eigenvalue weighted by molar-refractivity contribution is 4.89. The average molecular weight is 255 g/mol. The summed E-state index contributed by atoms with van der Waals surface area (Å²) in [7, 11) is 0. The van der Waals surface area contributed by atoms with Crippen molar-refractivity contribution in [3.05, 3.63) is 0 Å². The zero-order chi connectivity index (χ0) is 13.3. The summed E-state index contributed by atoms with van der Waals surface area (Å²) < 4.78 is 5.90. The second-order valence-corrected chi connectivity index (χ2v) is 6.71. The molecule has 1 saturated heterocycles. The highest BCUT2D eigenvalue weighted by atomic mass is 16.5. The first-order valence-corrected chi connectivity index (χ1v) is 7.54. The fourth-order valence-corrected chi connectivity index (χ4v) is 3.72. The molecule has 3 unspecified atom stereocenters. The maximum absolute atomic E-state index is 10.1. The largest absolute Gasteiger partial charge is 0.390 e. The van der Waals surface area contributed by atoms with Gasteiger partial charge < -0.3 is 15.6 Å². The van der Waals surface area contributed by atoms with E-state index in [9.17, 15) is 5.11 Å². The van der Waals surface area contributed by atoms with Crippen molar-refractivity contribution < 1.29 is 9.84 Å². The molecule has 0 spiro atoms. The van der Waals surface area contributed by atoms with Gasteiger partial charge in [-0.25, -0.2) is 0 Å². The third-order valence-electron chi connectivity index (χ3n) is 5.38. The third-order valence-corrected chi connectivity index (χ3v) is 5.38. The van der Waals surface area contributed by atoms with Gasteiger partial charge >= 0.3 is 0 Å². The number of aliphatic hydroxyl groups is 1. The lowest BCUT2D eigenvalue weighted by Crippen LogP contribution is -2.45. The van der Waals surface area contributed by atoms with E-state index in [1.807, 2.05) is 0 Å². The summed E-state index contributed by atoms with van der Waals surface area (Å²) in [5.74, 6) is 2.15. The maximum Gasteiger partial charge on any atom is 0.0799 e. The zero-order valence-electron chi connectivity index (χ0n) is 12.0. The molecule has 106 valence electrons. The van der Waals surface area contributed by atoms with Crippen LogP contribution in [0.4, 0.5) is 0 Å². The number of nitrogens with two attached hydrogens (primary N) is 1. The molecule has 0 amide bonds. The molecule has 2 aliphatic rings. The highest BCUT2D eigenvalue weighted by Gasteiger charge is 2.36. The van der Waals surface area contributed by atoms with Crippen LogP contribution in [0.5, 0.6) is 0 Å². The Morgan fingerprint density at radius 1 is 1.06 bits per heavy atom. The van der Waals surface area contributed by atoms with Crippen molar-refractivity contribution in [3.8, 4) is 0 Å². The monoisotopic (exact) mass is 255 g/mol. The van der Waals surface area contributed by atoms with Crippen molar-refractivity contribution in [1.29, 1.82) is 0 Å². The average Bonchev–Trinajstić information content (AvgIpc) is 2.35. The van der Waals surface area contributed by atoms with Crippen LogP contribution >= 0.6 is 0 Å². The number of ether oxygens (including phenoxy) is 1. The Kier molecular flexibility index (Phi) is 4.68. The molecular formula is C15H29NO2. The molecule has 0 aromatic rings. The molecule has 1 saturated carbocycles. The Morgan fingerprint density at radius 3 is 2.50 bits per heavy atom. The van der Waals surface area contributed by atoms with Crippen LogP contribution in [0, 0.1) is 23.7 Å². The maximum atomic E-state index is 10.1. The topological polar surface area (TPSA) is 55.5 Å². The third kappa shape index (κ3) is 3.06. The van der Waals surface area contributed by atoms with Gasteiger partial charge in [-0.15, -0.1) is 0 Å². The standard InChI is InChI=1S/C15H29NO2/c1-9-6-10(2)15(17)8-18-12-4-5-14(16)13(7-12)11(9)3/h9-15,17H,4-8,16H2,1-3H3/t9-,10?,11-,12-,13?,14-,15?/m1/s1. The highest BCUT2D eigenvalue weighted by Crippen LogP contribution is 2.37. The Morgan fingerprint density at radius 2 is 1.78 bits per heavy atom. The predicted octanol–water partition coefficient (Wildman–Crippen LogP) is 2.17. The number of aliphatic hydroxyl groups excluding tert-OH is 1. The van der Waals surface area contributed by atoms with Crippen LogP contribution in [0.1, 0.15) is 46.5 Å². The summed E-state index contributed by atoms with van der Waals surface area (Å²) >= 11 is 0. The summed E-state index contributed by atoms with van der Waals surface area (Å²) in [6, 6.07) is 0.335. The van der Waals surface area contributed by atoms with E-state index < -0.39 is 0 Å². The molecule has 2 rings (SSSR count). The summed E-state index contributed by atoms with van der Waals surface area (Å²) in [5, 5.41) is 10.1. The van der Waals surface area contributed by atoms with Gasteiger partial charge in [0.25, 0.3) is 0 Å². The molecule has 1 heterocycles. The second-order valence-electron chi connectivity index (χ2n) is 6.71. The first-order chi connectivity index (χ1) is 8.49. The van der Waals surface area contributed by atoms with E-state index in [1.54, 1.807) is 0 Å². The van der Waals surface area contributed by atoms with Gasteiger partial charge in [-0.3, -0.25) is 0 Å². The fraction of sp³-hybridized carbons (Fsp3) is 1.00. The SMILES string of the molecule is CC1C[C@@H](C)[C@@H](C)C2C[C@@H](CC[C@H]2N)OCC1O. The van der Waals surface area contributed by atoms with E-state index in [2.05, 4.69) is 20.8 Å². The minimum absolute atomic E-state index is 0.310. The number of fused-ring (bicyclic) bond motifs is 2. The molecule has 3 nitrogen and oxygen atoms in total. The van der Waals surface area contributed by atoms with Crippen molar-refractivity contribution in [2.75, 3.05) is 6.61 Å². The van der Waals surface area contributed by atoms with Gasteiger partial charge in [0.1, 0.15) is 0 Å². The van der Waals surface area contributed by atoms with E-state index >= 15 is 0 Å². The van der Waals surface area contributed by atoms with Crippen molar-refractivity contribution in [1.82, 2.24) is 0 Å². The van der Waals surface area contributed by atoms with E-state index in [0.29, 0.717) is 42.4 Å². The predicted molar refractivity (Wildman–Crippen MR) is 73.2 cm³/mol. The van der Waals surface area contributed by atoms with Gasteiger partial charge in [0, 0.05) is 6.04 Å². The van der Waals surface area contributed by atoms with Gasteiger partial charge in [-0.1, -0.05) is 20.8 Å². The van der Waals surface area contributed by atoms with Crippen LogP contribution in [-0.2, 0) is 4.74 Å². The number of hydrogen-bond donors (Lipinski definition) is 2. The first-order valence-electron chi connectivity index (χ1n) is 7.54. The lowest BCUT2D eigenvalue weighted by Gasteiger charge is -2.42. The van der Waals surface area contributed by atoms with Crippen LogP contribution in [0.2, 0.25) is 0 Å². The van der Waals surface area contributed by atoms with Crippen molar-refractivity contribution in [2.45, 2.75) is 64.7 Å². The normalized spacial score (nSPS) is 50.8.